The van der Waals surface area contributed by atoms with Gasteiger partial charge in [-0.1, -0.05) is 0 Å². The second-order valence-corrected chi connectivity index (χ2v) is 2.24. The van der Waals surface area contributed by atoms with E-state index in [2.05, 4.69) is 4.98 Å². The van der Waals surface area contributed by atoms with Gasteiger partial charge in [0.1, 0.15) is 0 Å². The van der Waals surface area contributed by atoms with Crippen LogP contribution in [-0.2, 0) is 0 Å². The van der Waals surface area contributed by atoms with Gasteiger partial charge in [0.15, 0.2) is 0 Å². The highest BCUT2D eigenvalue weighted by atomic mass is 19.1. The highest BCUT2D eigenvalue weighted by Crippen LogP contribution is 1.94. The predicted molar refractivity (Wildman–Crippen MR) is 38.8 cm³/mol. The van der Waals surface area contributed by atoms with Crippen molar-refractivity contribution in [3.05, 3.63) is 23.8 Å². The van der Waals surface area contributed by atoms with Crippen LogP contribution in [0.5, 0.6) is 0 Å². The lowest BCUT2D eigenvalue weighted by Crippen LogP contribution is -2.32. The molecule has 0 bridgehead atoms. The highest BCUT2D eigenvalue weighted by Gasteiger charge is 2.14. The maximum atomic E-state index is 12.4. The molecule has 0 unspecified atom stereocenters. The van der Waals surface area contributed by atoms with E-state index in [4.69, 9.17) is 10.0 Å². The number of halogens is 1. The molecule has 0 aliphatic heterocycles. The van der Waals surface area contributed by atoms with Crippen LogP contribution in [0.25, 0.3) is 0 Å². The molecule has 58 valence electrons. The van der Waals surface area contributed by atoms with Gasteiger partial charge >= 0.3 is 7.12 Å². The Bertz CT molecular complexity index is 267. The van der Waals surface area contributed by atoms with Crippen molar-refractivity contribution in [1.82, 2.24) is 4.98 Å². The zero-order valence-electron chi connectivity index (χ0n) is 5.95. The van der Waals surface area contributed by atoms with E-state index in [-0.39, 0.29) is 5.46 Å². The second-order valence-electron chi connectivity index (χ2n) is 2.24. The third kappa shape index (κ3) is 1.75. The molecule has 0 fully saturated rings. The first-order chi connectivity index (χ1) is 5.11. The van der Waals surface area contributed by atoms with Crippen LogP contribution in [0.2, 0.25) is 0 Å². The minimum Gasteiger partial charge on any atom is -0.423 e. The summed E-state index contributed by atoms with van der Waals surface area (Å²) in [5.74, 6) is -0.710. The van der Waals surface area contributed by atoms with Crippen LogP contribution in [0, 0.1) is 12.9 Å². The van der Waals surface area contributed by atoms with E-state index in [9.17, 15) is 4.39 Å². The molecule has 0 spiro atoms. The summed E-state index contributed by atoms with van der Waals surface area (Å²) >= 11 is 0. The van der Waals surface area contributed by atoms with Crippen LogP contribution < -0.4 is 5.46 Å². The molecular formula is C6H7BFNO2. The van der Waals surface area contributed by atoms with Crippen LogP contribution in [0.15, 0.2) is 12.3 Å². The molecule has 5 heteroatoms. The third-order valence-electron chi connectivity index (χ3n) is 1.39. The fraction of sp³-hybridized carbons (Fsp3) is 0.167. The Hall–Kier alpha value is -0.935. The van der Waals surface area contributed by atoms with Gasteiger partial charge in [-0.2, -0.15) is 4.39 Å². The Labute approximate surface area is 63.7 Å². The molecule has 1 aromatic heterocycles. The molecule has 0 radical (unpaired) electrons. The fourth-order valence-corrected chi connectivity index (χ4v) is 0.791. The van der Waals surface area contributed by atoms with Gasteiger partial charge in [0, 0.05) is 6.20 Å². The van der Waals surface area contributed by atoms with Crippen molar-refractivity contribution in [1.29, 1.82) is 0 Å². The summed E-state index contributed by atoms with van der Waals surface area (Å²) in [5.41, 5.74) is 0.707. The van der Waals surface area contributed by atoms with Crippen molar-refractivity contribution in [2.45, 2.75) is 6.92 Å². The molecule has 1 heterocycles. The Morgan fingerprint density at radius 1 is 1.55 bits per heavy atom. The van der Waals surface area contributed by atoms with Crippen LogP contribution in [-0.4, -0.2) is 22.2 Å². The number of rotatable bonds is 1. The summed E-state index contributed by atoms with van der Waals surface area (Å²) in [7, 11) is -1.63. The summed E-state index contributed by atoms with van der Waals surface area (Å²) in [6.07, 6.45) is 1.25. The number of aromatic nitrogens is 1. The van der Waals surface area contributed by atoms with Crippen molar-refractivity contribution in [2.75, 3.05) is 0 Å². The quantitative estimate of drug-likeness (QED) is 0.412. The molecule has 2 N–H and O–H groups in total. The Morgan fingerprint density at radius 2 is 2.18 bits per heavy atom. The van der Waals surface area contributed by atoms with Gasteiger partial charge in [-0.15, -0.1) is 0 Å². The van der Waals surface area contributed by atoms with Crippen molar-refractivity contribution in [3.63, 3.8) is 0 Å². The molecule has 1 aromatic rings. The smallest absolute Gasteiger partial charge is 0.423 e. The molecule has 0 aliphatic rings. The number of hydrogen-bond acceptors (Lipinski definition) is 3. The lowest BCUT2D eigenvalue weighted by molar-refractivity contribution is 0.425. The maximum absolute atomic E-state index is 12.4. The lowest BCUT2D eigenvalue weighted by atomic mass is 9.78. The highest BCUT2D eigenvalue weighted by molar-refractivity contribution is 6.59. The van der Waals surface area contributed by atoms with Gasteiger partial charge in [-0.3, -0.25) is 0 Å². The van der Waals surface area contributed by atoms with E-state index in [0.717, 1.165) is 6.07 Å². The molecular weight excluding hydrogens is 148 g/mol. The van der Waals surface area contributed by atoms with Crippen molar-refractivity contribution in [2.24, 2.45) is 0 Å². The molecule has 0 amide bonds. The second kappa shape index (κ2) is 2.98. The first-order valence-electron chi connectivity index (χ1n) is 3.09. The van der Waals surface area contributed by atoms with E-state index < -0.39 is 13.1 Å². The monoisotopic (exact) mass is 155 g/mol. The molecule has 0 saturated heterocycles. The van der Waals surface area contributed by atoms with E-state index in [0.29, 0.717) is 5.56 Å². The molecule has 0 atom stereocenters. The number of nitrogens with zero attached hydrogens (tertiary/aromatic N) is 1. The molecule has 3 nitrogen and oxygen atoms in total. The van der Waals surface area contributed by atoms with Gasteiger partial charge in [0.05, 0.1) is 0 Å². The fourth-order valence-electron chi connectivity index (χ4n) is 0.791. The summed E-state index contributed by atoms with van der Waals surface area (Å²) < 4.78 is 12.4. The standard InChI is InChI=1S/C6H7BFNO2/c1-4-3-9-6(8)2-5(4)7(10)11/h2-3,10-11H,1H3. The minimum atomic E-state index is -1.63. The lowest BCUT2D eigenvalue weighted by Gasteiger charge is -2.01. The molecule has 0 aromatic carbocycles. The van der Waals surface area contributed by atoms with Crippen LogP contribution >= 0.6 is 0 Å². The molecule has 11 heavy (non-hydrogen) atoms. The average molecular weight is 155 g/mol. The predicted octanol–water partition coefficient (Wildman–Crippen LogP) is -0.791. The Morgan fingerprint density at radius 3 is 2.64 bits per heavy atom. The summed E-state index contributed by atoms with van der Waals surface area (Å²) in [6, 6.07) is 1.00. The molecule has 0 saturated carbocycles. The van der Waals surface area contributed by atoms with Crippen molar-refractivity contribution < 1.29 is 14.4 Å². The number of hydrogen-bond donors (Lipinski definition) is 2. The van der Waals surface area contributed by atoms with Gasteiger partial charge < -0.3 is 10.0 Å². The normalized spacial score (nSPS) is 9.82. The Kier molecular flexibility index (Phi) is 2.21. The Balaban J connectivity index is 3.13. The van der Waals surface area contributed by atoms with E-state index in [1.165, 1.54) is 6.20 Å². The molecule has 1 rings (SSSR count). The largest absolute Gasteiger partial charge is 0.488 e. The molecule has 0 aliphatic carbocycles. The average Bonchev–Trinajstić information content (AvgIpc) is 1.94. The summed E-state index contributed by atoms with van der Waals surface area (Å²) in [5, 5.41) is 17.4. The summed E-state index contributed by atoms with van der Waals surface area (Å²) in [6.45, 7) is 1.63. The first kappa shape index (κ1) is 8.16. The van der Waals surface area contributed by atoms with Gasteiger partial charge in [-0.05, 0) is 24.0 Å². The van der Waals surface area contributed by atoms with E-state index in [1.807, 2.05) is 0 Å². The zero-order chi connectivity index (χ0) is 8.43. The van der Waals surface area contributed by atoms with Crippen LogP contribution in [0.4, 0.5) is 4.39 Å². The number of aryl methyl sites for hydroxylation is 1. The first-order valence-corrected chi connectivity index (χ1v) is 3.09. The van der Waals surface area contributed by atoms with Gasteiger partial charge in [0.2, 0.25) is 5.95 Å². The maximum Gasteiger partial charge on any atom is 0.488 e. The topological polar surface area (TPSA) is 53.4 Å². The van der Waals surface area contributed by atoms with E-state index in [1.54, 1.807) is 6.92 Å². The number of pyridine rings is 1. The van der Waals surface area contributed by atoms with Crippen LogP contribution in [0.3, 0.4) is 0 Å². The third-order valence-corrected chi connectivity index (χ3v) is 1.39. The zero-order valence-corrected chi connectivity index (χ0v) is 5.95. The van der Waals surface area contributed by atoms with Crippen LogP contribution in [0.1, 0.15) is 5.56 Å². The summed E-state index contributed by atoms with van der Waals surface area (Å²) in [4.78, 5) is 3.33. The van der Waals surface area contributed by atoms with Crippen molar-refractivity contribution >= 4 is 12.6 Å². The van der Waals surface area contributed by atoms with Gasteiger partial charge in [-0.25, -0.2) is 4.98 Å². The van der Waals surface area contributed by atoms with Gasteiger partial charge in [0.25, 0.3) is 0 Å². The SMILES string of the molecule is Cc1cnc(F)cc1B(O)O. The van der Waals surface area contributed by atoms with E-state index >= 15 is 0 Å². The minimum absolute atomic E-state index is 0.150. The van der Waals surface area contributed by atoms with Crippen molar-refractivity contribution in [3.8, 4) is 0 Å².